The molecule has 4 rings (SSSR count). The van der Waals surface area contributed by atoms with E-state index in [-0.39, 0.29) is 11.8 Å². The molecule has 16 heteroatoms. The number of fused-ring (bicyclic) bond motifs is 1. The van der Waals surface area contributed by atoms with Gasteiger partial charge in [0, 0.05) is 38.9 Å². The Morgan fingerprint density at radius 2 is 1.50 bits per heavy atom. The second-order valence-electron chi connectivity index (χ2n) is 8.63. The maximum Gasteiger partial charge on any atom is 0.490 e. The van der Waals surface area contributed by atoms with E-state index in [0.717, 1.165) is 31.9 Å². The number of likely N-dealkylation sites (tertiary alicyclic amines) is 1. The first-order chi connectivity index (χ1) is 17.7. The molecule has 4 heterocycles. The molecule has 0 bridgehead atoms. The maximum atomic E-state index is 12.9. The first-order valence-electron chi connectivity index (χ1n) is 11.4. The van der Waals surface area contributed by atoms with Crippen LogP contribution in [0.4, 0.5) is 26.3 Å². The number of aliphatic carboxylic acids is 2. The summed E-state index contributed by atoms with van der Waals surface area (Å²) >= 11 is 0. The number of carbonyl (C=O) groups excluding carboxylic acids is 1. The van der Waals surface area contributed by atoms with Crippen LogP contribution in [0.3, 0.4) is 0 Å². The van der Waals surface area contributed by atoms with E-state index in [1.54, 1.807) is 0 Å². The molecule has 2 N–H and O–H groups in total. The number of hydrogen-bond donors (Lipinski definition) is 2. The van der Waals surface area contributed by atoms with Gasteiger partial charge in [-0.25, -0.2) is 9.59 Å². The largest absolute Gasteiger partial charge is 0.490 e. The summed E-state index contributed by atoms with van der Waals surface area (Å²) in [6, 6.07) is 6.03. The average Bonchev–Trinajstić information content (AvgIpc) is 3.27. The Labute approximate surface area is 213 Å². The van der Waals surface area contributed by atoms with E-state index in [4.69, 9.17) is 29.3 Å². The minimum absolute atomic E-state index is 0.00409. The molecule has 0 aliphatic carbocycles. The molecule has 214 valence electrons. The van der Waals surface area contributed by atoms with Crippen molar-refractivity contribution in [2.45, 2.75) is 18.9 Å². The van der Waals surface area contributed by atoms with Crippen LogP contribution in [0, 0.1) is 17.8 Å². The summed E-state index contributed by atoms with van der Waals surface area (Å²) in [5, 5.41) is 14.2. The summed E-state index contributed by atoms with van der Waals surface area (Å²) in [6.45, 7) is 6.88. The topological polar surface area (TPSA) is 129 Å². The number of carbonyl (C=O) groups is 3. The van der Waals surface area contributed by atoms with Crippen LogP contribution in [0.5, 0.6) is 0 Å². The Morgan fingerprint density at radius 3 is 2.00 bits per heavy atom. The van der Waals surface area contributed by atoms with Crippen molar-refractivity contribution in [3.8, 4) is 0 Å². The summed E-state index contributed by atoms with van der Waals surface area (Å²) in [7, 11) is 0. The lowest BCUT2D eigenvalue weighted by Gasteiger charge is -2.36. The zero-order valence-corrected chi connectivity index (χ0v) is 20.0. The van der Waals surface area contributed by atoms with Gasteiger partial charge in [-0.05, 0) is 24.0 Å². The molecule has 0 radical (unpaired) electrons. The molecule has 1 aromatic heterocycles. The zero-order valence-electron chi connectivity index (χ0n) is 20.0. The number of halogens is 6. The number of nitrogens with zero attached hydrogens (tertiary/aromatic N) is 3. The quantitative estimate of drug-likeness (QED) is 0.534. The van der Waals surface area contributed by atoms with Gasteiger partial charge < -0.3 is 24.6 Å². The van der Waals surface area contributed by atoms with Gasteiger partial charge in [0.1, 0.15) is 0 Å². The molecule has 10 nitrogen and oxygen atoms in total. The summed E-state index contributed by atoms with van der Waals surface area (Å²) in [4.78, 5) is 39.5. The van der Waals surface area contributed by atoms with Gasteiger partial charge in [0.2, 0.25) is 5.91 Å². The lowest BCUT2D eigenvalue weighted by atomic mass is 9.82. The first kappa shape index (κ1) is 31.2. The highest BCUT2D eigenvalue weighted by atomic mass is 19.4. The van der Waals surface area contributed by atoms with Crippen molar-refractivity contribution in [3.05, 3.63) is 30.1 Å². The van der Waals surface area contributed by atoms with Crippen molar-refractivity contribution in [2.75, 3.05) is 52.6 Å². The van der Waals surface area contributed by atoms with Crippen LogP contribution in [0.2, 0.25) is 0 Å². The highest BCUT2D eigenvalue weighted by Gasteiger charge is 2.45. The second-order valence-corrected chi connectivity index (χ2v) is 8.63. The Kier molecular flexibility index (Phi) is 11.3. The fraction of sp³-hybridized carbons (Fsp3) is 0.636. The van der Waals surface area contributed by atoms with Crippen LogP contribution in [0.1, 0.15) is 5.69 Å². The highest BCUT2D eigenvalue weighted by molar-refractivity contribution is 5.79. The number of aromatic nitrogens is 1. The number of pyridine rings is 1. The molecule has 3 atom stereocenters. The van der Waals surface area contributed by atoms with E-state index < -0.39 is 24.3 Å². The molecule has 3 fully saturated rings. The second kappa shape index (κ2) is 13.7. The number of alkyl halides is 6. The maximum absolute atomic E-state index is 12.9. The standard InChI is InChI=1S/C18H25N3O3.2C2HF3O2/c22-18(21-5-7-23-8-6-21)17-13-24-12-14-9-20(11-16(14)17)10-15-3-1-2-4-19-15;2*3-2(4,5)1(6)7/h1-4,14,16-17H,5-13H2;2*(H,6,7)/t14-,16-,17-;;/m1../s1. The molecule has 3 aliphatic heterocycles. The average molecular weight is 559 g/mol. The molecule has 0 unspecified atom stereocenters. The van der Waals surface area contributed by atoms with Crippen LogP contribution in [-0.4, -0.2) is 108 Å². The summed E-state index contributed by atoms with van der Waals surface area (Å²) in [6.07, 6.45) is -8.33. The normalized spacial score (nSPS) is 23.7. The van der Waals surface area contributed by atoms with Gasteiger partial charge in [-0.2, -0.15) is 26.3 Å². The molecular weight excluding hydrogens is 532 g/mol. The van der Waals surface area contributed by atoms with Crippen LogP contribution in [0.25, 0.3) is 0 Å². The Bertz CT molecular complexity index is 902. The molecule has 38 heavy (non-hydrogen) atoms. The lowest BCUT2D eigenvalue weighted by Crippen LogP contribution is -2.49. The third kappa shape index (κ3) is 9.72. The van der Waals surface area contributed by atoms with Gasteiger partial charge in [0.15, 0.2) is 0 Å². The van der Waals surface area contributed by atoms with E-state index >= 15 is 0 Å². The molecular formula is C22H27F6N3O7. The van der Waals surface area contributed by atoms with Gasteiger partial charge >= 0.3 is 24.3 Å². The van der Waals surface area contributed by atoms with Gasteiger partial charge in [-0.3, -0.25) is 14.7 Å². The summed E-state index contributed by atoms with van der Waals surface area (Å²) < 4.78 is 74.6. The molecule has 1 aromatic rings. The SMILES string of the molecule is O=C(O)C(F)(F)F.O=C(O)C(F)(F)F.O=C([C@@H]1COC[C@H]2CN(Cc3ccccn3)C[C@H]21)N1CCOCC1. The van der Waals surface area contributed by atoms with Crippen LogP contribution in [-0.2, 0) is 30.4 Å². The zero-order chi connectivity index (χ0) is 28.5. The van der Waals surface area contributed by atoms with Crippen molar-refractivity contribution in [3.63, 3.8) is 0 Å². The Balaban J connectivity index is 0.000000301. The van der Waals surface area contributed by atoms with E-state index in [9.17, 15) is 31.1 Å². The monoisotopic (exact) mass is 559 g/mol. The number of morpholine rings is 1. The number of carboxylic acids is 2. The lowest BCUT2D eigenvalue weighted by molar-refractivity contribution is -0.193. The van der Waals surface area contributed by atoms with Crippen molar-refractivity contribution < 1.29 is 60.4 Å². The van der Waals surface area contributed by atoms with Crippen LogP contribution >= 0.6 is 0 Å². The van der Waals surface area contributed by atoms with Crippen molar-refractivity contribution >= 4 is 17.8 Å². The van der Waals surface area contributed by atoms with E-state index in [1.807, 2.05) is 23.2 Å². The van der Waals surface area contributed by atoms with Crippen molar-refractivity contribution in [1.82, 2.24) is 14.8 Å². The van der Waals surface area contributed by atoms with Crippen molar-refractivity contribution in [2.24, 2.45) is 17.8 Å². The number of rotatable bonds is 3. The third-order valence-corrected chi connectivity index (χ3v) is 5.95. The predicted molar refractivity (Wildman–Crippen MR) is 116 cm³/mol. The smallest absolute Gasteiger partial charge is 0.475 e. The minimum Gasteiger partial charge on any atom is -0.475 e. The van der Waals surface area contributed by atoms with Gasteiger partial charge in [-0.15, -0.1) is 0 Å². The molecule has 0 spiro atoms. The summed E-state index contributed by atoms with van der Waals surface area (Å²) in [5.74, 6) is -4.40. The third-order valence-electron chi connectivity index (χ3n) is 5.95. The van der Waals surface area contributed by atoms with Crippen LogP contribution < -0.4 is 0 Å². The Morgan fingerprint density at radius 1 is 0.921 bits per heavy atom. The highest BCUT2D eigenvalue weighted by Crippen LogP contribution is 2.35. The number of amides is 1. The van der Waals surface area contributed by atoms with Gasteiger partial charge in [-0.1, -0.05) is 6.07 Å². The fourth-order valence-electron chi connectivity index (χ4n) is 4.21. The fourth-order valence-corrected chi connectivity index (χ4v) is 4.21. The van der Waals surface area contributed by atoms with Crippen molar-refractivity contribution in [1.29, 1.82) is 0 Å². The molecule has 3 aliphatic rings. The van der Waals surface area contributed by atoms with E-state index in [0.29, 0.717) is 44.7 Å². The molecule has 1 amide bonds. The molecule has 0 aromatic carbocycles. The Hall–Kier alpha value is -2.98. The number of ether oxygens (including phenoxy) is 2. The van der Waals surface area contributed by atoms with Crippen LogP contribution in [0.15, 0.2) is 24.4 Å². The van der Waals surface area contributed by atoms with Gasteiger partial charge in [0.05, 0.1) is 38.0 Å². The molecule has 0 saturated carbocycles. The summed E-state index contributed by atoms with van der Waals surface area (Å²) in [5.41, 5.74) is 1.09. The molecule has 3 saturated heterocycles. The number of hydrogen-bond acceptors (Lipinski definition) is 7. The number of carboxylic acid groups (broad SMARTS) is 2. The van der Waals surface area contributed by atoms with Gasteiger partial charge in [0.25, 0.3) is 0 Å². The van der Waals surface area contributed by atoms with E-state index in [1.165, 1.54) is 0 Å². The van der Waals surface area contributed by atoms with E-state index in [2.05, 4.69) is 16.0 Å². The predicted octanol–water partition coefficient (Wildman–Crippen LogP) is 1.90. The minimum atomic E-state index is -5.08. The first-order valence-corrected chi connectivity index (χ1v) is 11.4.